The number of benzene rings is 1. The molecule has 2 N–H and O–H groups in total. The van der Waals surface area contributed by atoms with E-state index in [0.717, 1.165) is 18.6 Å². The highest BCUT2D eigenvalue weighted by Crippen LogP contribution is 2.26. The van der Waals surface area contributed by atoms with Crippen molar-refractivity contribution in [2.45, 2.75) is 19.9 Å². The topological polar surface area (TPSA) is 72.4 Å². The van der Waals surface area contributed by atoms with E-state index in [2.05, 4.69) is 17.6 Å². The first-order valence-corrected chi connectivity index (χ1v) is 8.41. The Bertz CT molecular complexity index is 794. The van der Waals surface area contributed by atoms with Gasteiger partial charge in [-0.05, 0) is 30.2 Å². The Balaban J connectivity index is 1.58. The quantitative estimate of drug-likeness (QED) is 0.877. The Hall–Kier alpha value is -2.60. The van der Waals surface area contributed by atoms with E-state index in [1.807, 2.05) is 30.3 Å². The molecule has 1 aromatic heterocycles. The van der Waals surface area contributed by atoms with E-state index < -0.39 is 0 Å². The molecule has 3 rings (SSSR count). The molecule has 132 valence electrons. The SMILES string of the molecule is C[C@@]1(CNC(=O)Nc2cccc(Cn3ccccc3=O)c2)CCOC1. The summed E-state index contributed by atoms with van der Waals surface area (Å²) in [4.78, 5) is 23.9. The number of hydrogen-bond acceptors (Lipinski definition) is 3. The van der Waals surface area contributed by atoms with Crippen LogP contribution in [-0.4, -0.2) is 30.4 Å². The molecule has 2 amide bonds. The lowest BCUT2D eigenvalue weighted by atomic mass is 9.90. The van der Waals surface area contributed by atoms with Crippen molar-refractivity contribution in [2.75, 3.05) is 25.1 Å². The Morgan fingerprint density at radius 3 is 2.92 bits per heavy atom. The summed E-state index contributed by atoms with van der Waals surface area (Å²) in [5.74, 6) is 0. The second-order valence-corrected chi connectivity index (χ2v) is 6.79. The first-order valence-electron chi connectivity index (χ1n) is 8.41. The number of urea groups is 1. The van der Waals surface area contributed by atoms with Crippen molar-refractivity contribution in [3.63, 3.8) is 0 Å². The largest absolute Gasteiger partial charge is 0.381 e. The molecule has 1 aliphatic rings. The van der Waals surface area contributed by atoms with Gasteiger partial charge in [-0.25, -0.2) is 4.79 Å². The summed E-state index contributed by atoms with van der Waals surface area (Å²) in [5.41, 5.74) is 1.60. The van der Waals surface area contributed by atoms with Gasteiger partial charge in [0.05, 0.1) is 13.2 Å². The number of rotatable bonds is 5. The highest BCUT2D eigenvalue weighted by molar-refractivity contribution is 5.89. The number of carbonyl (C=O) groups excluding carboxylic acids is 1. The molecule has 1 fully saturated rings. The molecule has 2 heterocycles. The highest BCUT2D eigenvalue weighted by Gasteiger charge is 2.29. The van der Waals surface area contributed by atoms with Gasteiger partial charge in [0.1, 0.15) is 0 Å². The number of amides is 2. The van der Waals surface area contributed by atoms with Gasteiger partial charge < -0.3 is 19.9 Å². The number of aromatic nitrogens is 1. The lowest BCUT2D eigenvalue weighted by molar-refractivity contribution is 0.159. The maximum atomic E-state index is 12.1. The van der Waals surface area contributed by atoms with Crippen molar-refractivity contribution < 1.29 is 9.53 Å². The van der Waals surface area contributed by atoms with E-state index >= 15 is 0 Å². The summed E-state index contributed by atoms with van der Waals surface area (Å²) in [6, 6.07) is 12.3. The molecule has 0 saturated carbocycles. The molecule has 6 nitrogen and oxygen atoms in total. The number of ether oxygens (including phenoxy) is 1. The van der Waals surface area contributed by atoms with Crippen LogP contribution in [0.2, 0.25) is 0 Å². The van der Waals surface area contributed by atoms with Crippen molar-refractivity contribution >= 4 is 11.7 Å². The zero-order chi connectivity index (χ0) is 17.7. The second kappa shape index (κ2) is 7.53. The molecule has 1 aromatic carbocycles. The number of nitrogens with zero attached hydrogens (tertiary/aromatic N) is 1. The lowest BCUT2D eigenvalue weighted by Gasteiger charge is -2.22. The molecule has 2 aromatic rings. The molecular formula is C19H23N3O3. The summed E-state index contributed by atoms with van der Waals surface area (Å²) < 4.78 is 7.02. The molecule has 1 aliphatic heterocycles. The van der Waals surface area contributed by atoms with E-state index in [4.69, 9.17) is 4.74 Å². The summed E-state index contributed by atoms with van der Waals surface area (Å²) in [5, 5.41) is 5.75. The highest BCUT2D eigenvalue weighted by atomic mass is 16.5. The Kier molecular flexibility index (Phi) is 5.19. The molecule has 6 heteroatoms. The van der Waals surface area contributed by atoms with Crippen molar-refractivity contribution in [1.29, 1.82) is 0 Å². The van der Waals surface area contributed by atoms with Gasteiger partial charge in [0.25, 0.3) is 5.56 Å². The Morgan fingerprint density at radius 2 is 2.16 bits per heavy atom. The van der Waals surface area contributed by atoms with Gasteiger partial charge in [0.2, 0.25) is 0 Å². The van der Waals surface area contributed by atoms with Crippen LogP contribution in [0.15, 0.2) is 53.5 Å². The average molecular weight is 341 g/mol. The average Bonchev–Trinajstić information content (AvgIpc) is 3.03. The third kappa shape index (κ3) is 4.70. The van der Waals surface area contributed by atoms with Crippen LogP contribution in [-0.2, 0) is 11.3 Å². The molecular weight excluding hydrogens is 318 g/mol. The van der Waals surface area contributed by atoms with Crippen LogP contribution in [0.25, 0.3) is 0 Å². The summed E-state index contributed by atoms with van der Waals surface area (Å²) >= 11 is 0. The number of carbonyl (C=O) groups is 1. The molecule has 25 heavy (non-hydrogen) atoms. The van der Waals surface area contributed by atoms with Crippen molar-refractivity contribution in [3.05, 3.63) is 64.6 Å². The van der Waals surface area contributed by atoms with Gasteiger partial charge in [-0.3, -0.25) is 4.79 Å². The monoisotopic (exact) mass is 341 g/mol. The van der Waals surface area contributed by atoms with E-state index in [1.165, 1.54) is 6.07 Å². The molecule has 1 atom stereocenters. The van der Waals surface area contributed by atoms with E-state index in [0.29, 0.717) is 25.4 Å². The zero-order valence-electron chi connectivity index (χ0n) is 14.3. The molecule has 0 radical (unpaired) electrons. The third-order valence-corrected chi connectivity index (χ3v) is 4.41. The van der Waals surface area contributed by atoms with Gasteiger partial charge >= 0.3 is 6.03 Å². The fourth-order valence-corrected chi connectivity index (χ4v) is 2.85. The summed E-state index contributed by atoms with van der Waals surface area (Å²) in [6.45, 7) is 4.58. The van der Waals surface area contributed by atoms with Gasteiger partial charge in [-0.15, -0.1) is 0 Å². The third-order valence-electron chi connectivity index (χ3n) is 4.41. The number of pyridine rings is 1. The van der Waals surface area contributed by atoms with Crippen molar-refractivity contribution in [3.8, 4) is 0 Å². The number of anilines is 1. The van der Waals surface area contributed by atoms with Crippen LogP contribution in [0.5, 0.6) is 0 Å². The van der Waals surface area contributed by atoms with E-state index in [1.54, 1.807) is 16.8 Å². The second-order valence-electron chi connectivity index (χ2n) is 6.79. The normalized spacial score (nSPS) is 19.6. The van der Waals surface area contributed by atoms with Crippen molar-refractivity contribution in [2.24, 2.45) is 5.41 Å². The van der Waals surface area contributed by atoms with Crippen LogP contribution >= 0.6 is 0 Å². The van der Waals surface area contributed by atoms with E-state index in [-0.39, 0.29) is 17.0 Å². The van der Waals surface area contributed by atoms with Crippen LogP contribution in [0.1, 0.15) is 18.9 Å². The van der Waals surface area contributed by atoms with Crippen LogP contribution in [0.3, 0.4) is 0 Å². The lowest BCUT2D eigenvalue weighted by Crippen LogP contribution is -2.38. The minimum Gasteiger partial charge on any atom is -0.381 e. The van der Waals surface area contributed by atoms with Crippen LogP contribution in [0, 0.1) is 5.41 Å². The first kappa shape index (κ1) is 17.2. The fraction of sp³-hybridized carbons (Fsp3) is 0.368. The van der Waals surface area contributed by atoms with E-state index in [9.17, 15) is 9.59 Å². The summed E-state index contributed by atoms with van der Waals surface area (Å²) in [7, 11) is 0. The molecule has 0 spiro atoms. The van der Waals surface area contributed by atoms with Crippen LogP contribution in [0.4, 0.5) is 10.5 Å². The van der Waals surface area contributed by atoms with Gasteiger partial charge in [-0.2, -0.15) is 0 Å². The number of nitrogens with one attached hydrogen (secondary N) is 2. The van der Waals surface area contributed by atoms with Gasteiger partial charge in [-0.1, -0.05) is 25.1 Å². The first-order chi connectivity index (χ1) is 12.0. The minimum absolute atomic E-state index is 0.00760. The zero-order valence-corrected chi connectivity index (χ0v) is 14.3. The Morgan fingerprint density at radius 1 is 1.28 bits per heavy atom. The Labute approximate surface area is 146 Å². The molecule has 0 unspecified atom stereocenters. The maximum Gasteiger partial charge on any atom is 0.319 e. The predicted molar refractivity (Wildman–Crippen MR) is 96.8 cm³/mol. The van der Waals surface area contributed by atoms with Crippen molar-refractivity contribution in [1.82, 2.24) is 9.88 Å². The van der Waals surface area contributed by atoms with Gasteiger partial charge in [0.15, 0.2) is 0 Å². The molecule has 0 aliphatic carbocycles. The maximum absolute atomic E-state index is 12.1. The standard InChI is InChI=1S/C19H23N3O3/c1-19(8-10-25-14-19)13-20-18(24)21-16-6-4-5-15(11-16)12-22-9-3-2-7-17(22)23/h2-7,9,11H,8,10,12-14H2,1H3,(H2,20,21,24)/t19-/m0/s1. The van der Waals surface area contributed by atoms with Gasteiger partial charge in [0, 0.05) is 36.5 Å². The molecule has 0 bridgehead atoms. The van der Waals surface area contributed by atoms with Crippen LogP contribution < -0.4 is 16.2 Å². The number of hydrogen-bond donors (Lipinski definition) is 2. The molecule has 1 saturated heterocycles. The minimum atomic E-state index is -0.234. The smallest absolute Gasteiger partial charge is 0.319 e. The predicted octanol–water partition coefficient (Wildman–Crippen LogP) is 2.44. The summed E-state index contributed by atoms with van der Waals surface area (Å²) in [6.07, 6.45) is 2.70. The fourth-order valence-electron chi connectivity index (χ4n) is 2.85.